The molecule has 2 aromatic heterocycles. The zero-order valence-electron chi connectivity index (χ0n) is 20.1. The molecule has 1 atom stereocenters. The minimum atomic E-state index is -1.64. The first-order chi connectivity index (χ1) is 18.1. The van der Waals surface area contributed by atoms with Crippen molar-refractivity contribution in [3.8, 4) is 22.3 Å². The lowest BCUT2D eigenvalue weighted by Crippen LogP contribution is -2.06. The molecule has 0 aliphatic heterocycles. The molecule has 8 heteroatoms. The SMILES string of the molecule is Nc1ncnc2c1c(-c1ccc(NS(=O)c3cccc(-c4ccccc4)c3)c(F)c1)cn2C1CCCC1. The highest BCUT2D eigenvalue weighted by atomic mass is 32.2. The Hall–Kier alpha value is -4.04. The number of rotatable bonds is 6. The van der Waals surface area contributed by atoms with Gasteiger partial charge in [-0.3, -0.25) is 4.72 Å². The van der Waals surface area contributed by atoms with Crippen molar-refractivity contribution in [3.63, 3.8) is 0 Å². The van der Waals surface area contributed by atoms with E-state index < -0.39 is 16.8 Å². The fraction of sp³-hybridized carbons (Fsp3) is 0.172. The lowest BCUT2D eigenvalue weighted by molar-refractivity contribution is 0.532. The summed E-state index contributed by atoms with van der Waals surface area (Å²) in [5.74, 6) is -0.124. The molecule has 1 fully saturated rings. The van der Waals surface area contributed by atoms with E-state index in [-0.39, 0.29) is 5.69 Å². The van der Waals surface area contributed by atoms with Crippen molar-refractivity contribution in [2.24, 2.45) is 0 Å². The van der Waals surface area contributed by atoms with Crippen LogP contribution in [0, 0.1) is 5.82 Å². The van der Waals surface area contributed by atoms with Gasteiger partial charge in [-0.25, -0.2) is 18.6 Å². The molecule has 0 amide bonds. The summed E-state index contributed by atoms with van der Waals surface area (Å²) in [5, 5.41) is 0.732. The molecule has 0 spiro atoms. The smallest absolute Gasteiger partial charge is 0.150 e. The van der Waals surface area contributed by atoms with Gasteiger partial charge in [-0.2, -0.15) is 0 Å². The number of nitrogens with two attached hydrogens (primary N) is 1. The first-order valence-corrected chi connectivity index (χ1v) is 13.5. The Bertz CT molecular complexity index is 1610. The summed E-state index contributed by atoms with van der Waals surface area (Å²) in [7, 11) is -1.64. The third-order valence-corrected chi connectivity index (χ3v) is 8.08. The van der Waals surface area contributed by atoms with Crippen LogP contribution >= 0.6 is 0 Å². The van der Waals surface area contributed by atoms with E-state index in [1.807, 2.05) is 60.8 Å². The first kappa shape index (κ1) is 23.4. The molecule has 3 N–H and O–H groups in total. The summed E-state index contributed by atoms with van der Waals surface area (Å²) in [4.78, 5) is 9.25. The molecule has 6 rings (SSSR count). The van der Waals surface area contributed by atoms with Gasteiger partial charge in [0.05, 0.1) is 16.0 Å². The Kier molecular flexibility index (Phi) is 6.18. The van der Waals surface area contributed by atoms with E-state index in [2.05, 4.69) is 19.3 Å². The summed E-state index contributed by atoms with van der Waals surface area (Å²) < 4.78 is 33.4. The van der Waals surface area contributed by atoms with Gasteiger partial charge < -0.3 is 10.3 Å². The highest BCUT2D eigenvalue weighted by Gasteiger charge is 2.23. The molecule has 1 saturated carbocycles. The van der Waals surface area contributed by atoms with Gasteiger partial charge in [0, 0.05) is 17.8 Å². The van der Waals surface area contributed by atoms with Gasteiger partial charge in [-0.1, -0.05) is 61.4 Å². The van der Waals surface area contributed by atoms with Crippen molar-refractivity contribution in [1.82, 2.24) is 14.5 Å². The topological polar surface area (TPSA) is 85.8 Å². The van der Waals surface area contributed by atoms with E-state index in [4.69, 9.17) is 5.73 Å². The number of benzene rings is 3. The average Bonchev–Trinajstić information content (AvgIpc) is 3.59. The second-order valence-electron chi connectivity index (χ2n) is 9.31. The summed E-state index contributed by atoms with van der Waals surface area (Å²) in [6.07, 6.45) is 8.02. The highest BCUT2D eigenvalue weighted by Crippen LogP contribution is 2.39. The molecule has 0 bridgehead atoms. The molecule has 1 aliphatic carbocycles. The fourth-order valence-corrected chi connectivity index (χ4v) is 6.05. The van der Waals surface area contributed by atoms with Gasteiger partial charge in [0.25, 0.3) is 0 Å². The number of hydrogen-bond donors (Lipinski definition) is 2. The Labute approximate surface area is 217 Å². The maximum absolute atomic E-state index is 15.3. The molecule has 1 aliphatic rings. The predicted octanol–water partition coefficient (Wildman–Crippen LogP) is 6.74. The number of fused-ring (bicyclic) bond motifs is 1. The van der Waals surface area contributed by atoms with Crippen LogP contribution in [-0.4, -0.2) is 18.7 Å². The van der Waals surface area contributed by atoms with Crippen LogP contribution in [0.25, 0.3) is 33.3 Å². The molecule has 0 saturated heterocycles. The second kappa shape index (κ2) is 9.78. The van der Waals surface area contributed by atoms with Crippen molar-refractivity contribution in [1.29, 1.82) is 0 Å². The Morgan fingerprint density at radius 1 is 0.919 bits per heavy atom. The number of anilines is 2. The molecule has 37 heavy (non-hydrogen) atoms. The highest BCUT2D eigenvalue weighted by molar-refractivity contribution is 7.86. The molecule has 2 heterocycles. The lowest BCUT2D eigenvalue weighted by Gasteiger charge is -2.12. The molecule has 1 unspecified atom stereocenters. The monoisotopic (exact) mass is 511 g/mol. The standard InChI is InChI=1S/C29H26FN5OS/c30-25-16-21(24-17-35(22-10-4-5-11-22)29-27(24)28(31)32-18-33-29)13-14-26(25)34-37(36)23-12-6-9-20(15-23)19-7-2-1-3-8-19/h1-3,6-9,12-18,22,34H,4-5,10-11H2,(H2,31,32,33). The molecule has 5 aromatic rings. The van der Waals surface area contributed by atoms with Crippen LogP contribution < -0.4 is 10.5 Å². The number of aromatic nitrogens is 3. The number of nitrogens with zero attached hydrogens (tertiary/aromatic N) is 3. The van der Waals surface area contributed by atoms with Gasteiger partial charge >= 0.3 is 0 Å². The number of nitrogens with one attached hydrogen (secondary N) is 1. The number of hydrogen-bond acceptors (Lipinski definition) is 4. The second-order valence-corrected chi connectivity index (χ2v) is 10.5. The van der Waals surface area contributed by atoms with Crippen molar-refractivity contribution in [2.45, 2.75) is 36.6 Å². The number of nitrogen functional groups attached to an aromatic ring is 1. The molecule has 186 valence electrons. The van der Waals surface area contributed by atoms with Gasteiger partial charge in [-0.15, -0.1) is 0 Å². The summed E-state index contributed by atoms with van der Waals surface area (Å²) in [5.41, 5.74) is 10.6. The van der Waals surface area contributed by atoms with Gasteiger partial charge in [-0.05, 0) is 53.8 Å². The molecular weight excluding hydrogens is 485 g/mol. The van der Waals surface area contributed by atoms with Crippen molar-refractivity contribution in [2.75, 3.05) is 10.5 Å². The number of halogens is 1. The maximum Gasteiger partial charge on any atom is 0.150 e. The van der Waals surface area contributed by atoms with E-state index >= 15 is 4.39 Å². The minimum Gasteiger partial charge on any atom is -0.383 e. The van der Waals surface area contributed by atoms with Crippen LogP contribution in [0.5, 0.6) is 0 Å². The molecular formula is C29H26FN5OS. The van der Waals surface area contributed by atoms with E-state index in [9.17, 15) is 4.21 Å². The largest absolute Gasteiger partial charge is 0.383 e. The van der Waals surface area contributed by atoms with Gasteiger partial charge in [0.2, 0.25) is 0 Å². The molecule has 3 aromatic carbocycles. The zero-order valence-corrected chi connectivity index (χ0v) is 20.9. The van der Waals surface area contributed by atoms with Gasteiger partial charge in [0.1, 0.15) is 34.6 Å². The van der Waals surface area contributed by atoms with Crippen LogP contribution in [0.3, 0.4) is 0 Å². The average molecular weight is 512 g/mol. The third-order valence-electron chi connectivity index (χ3n) is 6.99. The maximum atomic E-state index is 15.3. The Balaban J connectivity index is 1.30. The van der Waals surface area contributed by atoms with Crippen LogP contribution in [0.15, 0.2) is 90.2 Å². The predicted molar refractivity (Wildman–Crippen MR) is 147 cm³/mol. The first-order valence-electron chi connectivity index (χ1n) is 12.3. The lowest BCUT2D eigenvalue weighted by atomic mass is 10.1. The Morgan fingerprint density at radius 3 is 2.49 bits per heavy atom. The van der Waals surface area contributed by atoms with Crippen LogP contribution in [0.4, 0.5) is 15.9 Å². The summed E-state index contributed by atoms with van der Waals surface area (Å²) in [6.45, 7) is 0. The van der Waals surface area contributed by atoms with E-state index in [0.717, 1.165) is 40.6 Å². The van der Waals surface area contributed by atoms with Crippen LogP contribution in [-0.2, 0) is 11.0 Å². The van der Waals surface area contributed by atoms with Crippen LogP contribution in [0.1, 0.15) is 31.7 Å². The van der Waals surface area contributed by atoms with Crippen LogP contribution in [0.2, 0.25) is 0 Å². The zero-order chi connectivity index (χ0) is 25.4. The minimum absolute atomic E-state index is 0.163. The summed E-state index contributed by atoms with van der Waals surface area (Å²) in [6, 6.07) is 22.5. The fourth-order valence-electron chi connectivity index (χ4n) is 5.13. The van der Waals surface area contributed by atoms with E-state index in [0.29, 0.717) is 22.3 Å². The van der Waals surface area contributed by atoms with Crippen molar-refractivity contribution >= 4 is 33.5 Å². The van der Waals surface area contributed by atoms with Crippen molar-refractivity contribution < 1.29 is 8.60 Å². The molecule has 0 radical (unpaired) electrons. The summed E-state index contributed by atoms with van der Waals surface area (Å²) >= 11 is 0. The van der Waals surface area contributed by atoms with Crippen molar-refractivity contribution in [3.05, 3.63) is 91.1 Å². The van der Waals surface area contributed by atoms with Gasteiger partial charge in [0.15, 0.2) is 0 Å². The van der Waals surface area contributed by atoms with E-state index in [1.165, 1.54) is 25.2 Å². The molecule has 6 nitrogen and oxygen atoms in total. The Morgan fingerprint density at radius 2 is 1.70 bits per heavy atom. The third kappa shape index (κ3) is 4.49. The normalized spacial score (nSPS) is 14.7. The quantitative estimate of drug-likeness (QED) is 0.264. The van der Waals surface area contributed by atoms with E-state index in [1.54, 1.807) is 12.1 Å².